The van der Waals surface area contributed by atoms with Crippen LogP contribution in [-0.4, -0.2) is 42.5 Å². The zero-order valence-corrected chi connectivity index (χ0v) is 24.0. The van der Waals surface area contributed by atoms with Crippen molar-refractivity contribution in [3.63, 3.8) is 0 Å². The first-order chi connectivity index (χ1) is 17.8. The van der Waals surface area contributed by atoms with Gasteiger partial charge in [-0.25, -0.2) is 0 Å². The lowest BCUT2D eigenvalue weighted by Crippen LogP contribution is -2.51. The first-order valence-corrected chi connectivity index (χ1v) is 14.5. The summed E-state index contributed by atoms with van der Waals surface area (Å²) in [6.45, 7) is 11.4. The molecule has 0 heterocycles. The molecule has 0 amide bonds. The van der Waals surface area contributed by atoms with Crippen molar-refractivity contribution in [3.8, 4) is 0 Å². The van der Waals surface area contributed by atoms with Crippen LogP contribution in [0, 0.1) is 40.4 Å². The van der Waals surface area contributed by atoms with E-state index in [1.54, 1.807) is 6.92 Å². The monoisotopic (exact) mass is 530 g/mol. The Morgan fingerprint density at radius 2 is 1.74 bits per heavy atom. The van der Waals surface area contributed by atoms with E-state index in [-0.39, 0.29) is 65.0 Å². The van der Waals surface area contributed by atoms with Gasteiger partial charge in [-0.15, -0.1) is 0 Å². The maximum Gasteiger partial charge on any atom is 0.306 e. The van der Waals surface area contributed by atoms with Crippen LogP contribution in [0.15, 0.2) is 11.6 Å². The summed E-state index contributed by atoms with van der Waals surface area (Å²) in [6, 6.07) is 0. The summed E-state index contributed by atoms with van der Waals surface area (Å²) in [7, 11) is 0. The van der Waals surface area contributed by atoms with Crippen molar-refractivity contribution in [3.05, 3.63) is 11.6 Å². The largest absolute Gasteiger partial charge is 0.466 e. The predicted molar refractivity (Wildman–Crippen MR) is 142 cm³/mol. The third kappa shape index (κ3) is 5.58. The van der Waals surface area contributed by atoms with Crippen molar-refractivity contribution in [2.45, 2.75) is 112 Å². The topological polar surface area (TPSA) is 96.0 Å². The third-order valence-electron chi connectivity index (χ3n) is 10.5. The van der Waals surface area contributed by atoms with E-state index in [2.05, 4.69) is 19.9 Å². The molecule has 3 fully saturated rings. The van der Waals surface area contributed by atoms with Crippen molar-refractivity contribution in [1.29, 1.82) is 0 Å². The number of esters is 3. The Bertz CT molecular complexity index is 985. The number of ketones is 1. The van der Waals surface area contributed by atoms with Gasteiger partial charge < -0.3 is 14.2 Å². The molecule has 4 aliphatic carbocycles. The van der Waals surface area contributed by atoms with E-state index >= 15 is 0 Å². The molecule has 0 radical (unpaired) electrons. The summed E-state index contributed by atoms with van der Waals surface area (Å²) in [5.41, 5.74) is 1.36. The highest BCUT2D eigenvalue weighted by Crippen LogP contribution is 2.66. The molecule has 2 unspecified atom stereocenters. The Balaban J connectivity index is 1.46. The molecule has 0 aromatic heterocycles. The Morgan fingerprint density at radius 1 is 1.00 bits per heavy atom. The molecule has 4 aliphatic rings. The summed E-state index contributed by atoms with van der Waals surface area (Å²) < 4.78 is 16.7. The van der Waals surface area contributed by atoms with Crippen LogP contribution < -0.4 is 0 Å². The lowest BCUT2D eigenvalue weighted by Gasteiger charge is -2.57. The zero-order chi connectivity index (χ0) is 27.8. The smallest absolute Gasteiger partial charge is 0.306 e. The van der Waals surface area contributed by atoms with Gasteiger partial charge in [0.05, 0.1) is 12.5 Å². The van der Waals surface area contributed by atoms with Crippen molar-refractivity contribution in [2.24, 2.45) is 40.4 Å². The molecule has 212 valence electrons. The van der Waals surface area contributed by atoms with Gasteiger partial charge >= 0.3 is 17.9 Å². The molecule has 0 saturated heterocycles. The summed E-state index contributed by atoms with van der Waals surface area (Å²) in [5.74, 6) is 0.447. The van der Waals surface area contributed by atoms with Crippen LogP contribution in [0.2, 0.25) is 0 Å². The predicted octanol–water partition coefficient (Wildman–Crippen LogP) is 5.59. The molecule has 0 N–H and O–H groups in total. The zero-order valence-electron chi connectivity index (χ0n) is 24.0. The number of hydrogen-bond acceptors (Lipinski definition) is 7. The Hall–Kier alpha value is -2.18. The van der Waals surface area contributed by atoms with Crippen LogP contribution in [-0.2, 0) is 33.4 Å². The standard InChI is InChI=1S/C31H46O7/c1-18(17-36-20(3)33)7-10-28(35)38-27-16-26-24-9-8-22-15-23(37-21(4)34)11-13-30(22,5)25(24)12-14-31(26,6)29(27)19(2)32/h8,18,23-27,29H,7,9-17H2,1-6H3/t18-,23-,24+,25-,26-,27?,29?,30-,31-/m0/s1. The quantitative estimate of drug-likeness (QED) is 0.229. The number of fused-ring (bicyclic) bond motifs is 5. The van der Waals surface area contributed by atoms with Crippen LogP contribution in [0.1, 0.15) is 99.3 Å². The van der Waals surface area contributed by atoms with Crippen molar-refractivity contribution < 1.29 is 33.4 Å². The number of Topliss-reactive ketones (excluding diaryl/α,β-unsaturated/α-hetero) is 1. The number of ether oxygens (including phenoxy) is 3. The van der Waals surface area contributed by atoms with E-state index in [1.165, 1.54) is 19.4 Å². The molecular formula is C31H46O7. The highest BCUT2D eigenvalue weighted by atomic mass is 16.5. The van der Waals surface area contributed by atoms with E-state index in [9.17, 15) is 19.2 Å². The lowest BCUT2D eigenvalue weighted by molar-refractivity contribution is -0.154. The second-order valence-corrected chi connectivity index (χ2v) is 13.1. The number of carbonyl (C=O) groups is 4. The van der Waals surface area contributed by atoms with Gasteiger partial charge in [-0.2, -0.15) is 0 Å². The number of allylic oxidation sites excluding steroid dienone is 1. The van der Waals surface area contributed by atoms with Gasteiger partial charge in [0, 0.05) is 26.7 Å². The fraction of sp³-hybridized carbons (Fsp3) is 0.806. The van der Waals surface area contributed by atoms with Gasteiger partial charge in [0.1, 0.15) is 18.0 Å². The normalized spacial score (nSPS) is 38.5. The maximum absolute atomic E-state index is 13.0. The fourth-order valence-electron chi connectivity index (χ4n) is 8.73. The molecule has 7 nitrogen and oxygen atoms in total. The Kier molecular flexibility index (Phi) is 8.44. The third-order valence-corrected chi connectivity index (χ3v) is 10.5. The minimum Gasteiger partial charge on any atom is -0.466 e. The molecule has 0 aromatic rings. The first kappa shape index (κ1) is 28.8. The van der Waals surface area contributed by atoms with E-state index in [0.29, 0.717) is 30.8 Å². The van der Waals surface area contributed by atoms with Crippen molar-refractivity contribution >= 4 is 23.7 Å². The average molecular weight is 531 g/mol. The van der Waals surface area contributed by atoms with Crippen molar-refractivity contribution in [2.75, 3.05) is 6.61 Å². The van der Waals surface area contributed by atoms with Gasteiger partial charge in [0.15, 0.2) is 0 Å². The van der Waals surface area contributed by atoms with Crippen LogP contribution >= 0.6 is 0 Å². The maximum atomic E-state index is 13.0. The lowest BCUT2D eigenvalue weighted by atomic mass is 9.47. The van der Waals surface area contributed by atoms with E-state index in [0.717, 1.165) is 44.9 Å². The van der Waals surface area contributed by atoms with Gasteiger partial charge in [-0.3, -0.25) is 19.2 Å². The summed E-state index contributed by atoms with van der Waals surface area (Å²) in [5, 5.41) is 0. The molecule has 0 bridgehead atoms. The molecule has 0 aliphatic heterocycles. The molecule has 3 saturated carbocycles. The Labute approximate surface area is 227 Å². The summed E-state index contributed by atoms with van der Waals surface area (Å²) in [4.78, 5) is 48.4. The van der Waals surface area contributed by atoms with Crippen LogP contribution in [0.3, 0.4) is 0 Å². The number of hydrogen-bond donors (Lipinski definition) is 0. The first-order valence-electron chi connectivity index (χ1n) is 14.5. The SMILES string of the molecule is CC(=O)OC[C@@H](C)CCC(=O)OC1C[C@H]2[C@@H]3CC=C4C[C@@H](OC(C)=O)CC[C@]4(C)[C@H]3CC[C@]2(C)C1C(C)=O. The summed E-state index contributed by atoms with van der Waals surface area (Å²) >= 11 is 0. The van der Waals surface area contributed by atoms with Crippen LogP contribution in [0.25, 0.3) is 0 Å². The van der Waals surface area contributed by atoms with Gasteiger partial charge in [-0.1, -0.05) is 32.4 Å². The minimum atomic E-state index is -0.379. The number of rotatable bonds is 8. The van der Waals surface area contributed by atoms with Gasteiger partial charge in [-0.05, 0) is 86.4 Å². The van der Waals surface area contributed by atoms with E-state index in [4.69, 9.17) is 14.2 Å². The second-order valence-electron chi connectivity index (χ2n) is 13.1. The highest BCUT2D eigenvalue weighted by molar-refractivity contribution is 5.81. The molecule has 0 spiro atoms. The van der Waals surface area contributed by atoms with Crippen molar-refractivity contribution in [1.82, 2.24) is 0 Å². The van der Waals surface area contributed by atoms with E-state index in [1.807, 2.05) is 6.92 Å². The number of carbonyl (C=O) groups excluding carboxylic acids is 4. The highest BCUT2D eigenvalue weighted by Gasteiger charge is 2.63. The molecule has 9 atom stereocenters. The fourth-order valence-corrected chi connectivity index (χ4v) is 8.73. The van der Waals surface area contributed by atoms with Gasteiger partial charge in [0.25, 0.3) is 0 Å². The molecule has 0 aromatic carbocycles. The van der Waals surface area contributed by atoms with E-state index < -0.39 is 0 Å². The second kappa shape index (κ2) is 11.1. The van der Waals surface area contributed by atoms with Crippen LogP contribution in [0.5, 0.6) is 0 Å². The minimum absolute atomic E-state index is 0.0219. The molecule has 4 rings (SSSR count). The molecule has 38 heavy (non-hydrogen) atoms. The molecule has 7 heteroatoms. The average Bonchev–Trinajstić information content (AvgIpc) is 3.13. The Morgan fingerprint density at radius 3 is 2.39 bits per heavy atom. The van der Waals surface area contributed by atoms with Gasteiger partial charge in [0.2, 0.25) is 0 Å². The van der Waals surface area contributed by atoms with Crippen LogP contribution in [0.4, 0.5) is 0 Å². The molecular weight excluding hydrogens is 484 g/mol. The summed E-state index contributed by atoms with van der Waals surface area (Å²) in [6.07, 6.45) is 9.32.